The van der Waals surface area contributed by atoms with Crippen LogP contribution >= 0.6 is 0 Å². The molecule has 3 aromatic carbocycles. The lowest BCUT2D eigenvalue weighted by molar-refractivity contribution is 0.440. The Kier molecular flexibility index (Phi) is 7.34. The van der Waals surface area contributed by atoms with Crippen molar-refractivity contribution >= 4 is 0 Å². The van der Waals surface area contributed by atoms with Crippen molar-refractivity contribution in [1.29, 1.82) is 0 Å². The number of halogens is 5. The fourth-order valence-corrected chi connectivity index (χ4v) is 3.74. The average Bonchev–Trinajstić information content (AvgIpc) is 2.84. The maximum atomic E-state index is 14.9. The second-order valence-electron chi connectivity index (χ2n) is 7.96. The van der Waals surface area contributed by atoms with Crippen molar-refractivity contribution in [3.63, 3.8) is 0 Å². The molecule has 4 aromatic rings. The quantitative estimate of drug-likeness (QED) is 0.198. The van der Waals surface area contributed by atoms with Crippen molar-refractivity contribution in [3.8, 4) is 33.6 Å². The summed E-state index contributed by atoms with van der Waals surface area (Å²) in [5, 5.41) is 0. The van der Waals surface area contributed by atoms with Crippen molar-refractivity contribution < 1.29 is 22.0 Å². The summed E-state index contributed by atoms with van der Waals surface area (Å²) in [4.78, 5) is 8.62. The molecule has 0 aliphatic heterocycles. The van der Waals surface area contributed by atoms with Crippen molar-refractivity contribution in [2.45, 2.75) is 26.4 Å². The molecule has 0 spiro atoms. The highest BCUT2D eigenvalue weighted by molar-refractivity contribution is 5.73. The summed E-state index contributed by atoms with van der Waals surface area (Å²) < 4.78 is 70.4. The molecule has 0 radical (unpaired) electrons. The molecule has 0 N–H and O–H groups in total. The van der Waals surface area contributed by atoms with E-state index in [-0.39, 0.29) is 22.3 Å². The zero-order chi connectivity index (χ0) is 24.9. The zero-order valence-corrected chi connectivity index (χ0v) is 18.8. The molecule has 0 amide bonds. The van der Waals surface area contributed by atoms with E-state index in [0.717, 1.165) is 36.6 Å². The first kappa shape index (κ1) is 24.3. The lowest BCUT2D eigenvalue weighted by atomic mass is 9.97. The van der Waals surface area contributed by atoms with Crippen LogP contribution in [0.5, 0.6) is 0 Å². The third-order valence-corrected chi connectivity index (χ3v) is 5.63. The van der Waals surface area contributed by atoms with Gasteiger partial charge in [-0.05, 0) is 60.7 Å². The molecule has 2 nitrogen and oxygen atoms in total. The van der Waals surface area contributed by atoms with Gasteiger partial charge in [0.2, 0.25) is 0 Å². The van der Waals surface area contributed by atoms with E-state index in [1.54, 1.807) is 18.5 Å². The molecule has 1 heterocycles. The largest absolute Gasteiger partial charge is 0.246 e. The Morgan fingerprint density at radius 2 is 1.26 bits per heavy atom. The predicted octanol–water partition coefficient (Wildman–Crippen LogP) is 8.01. The molecule has 0 fully saturated rings. The molecule has 7 heteroatoms. The monoisotopic (exact) mass is 480 g/mol. The number of hydrogen-bond acceptors (Lipinski definition) is 2. The van der Waals surface area contributed by atoms with Crippen molar-refractivity contribution in [2.24, 2.45) is 0 Å². The van der Waals surface area contributed by atoms with Crippen LogP contribution in [0.3, 0.4) is 0 Å². The van der Waals surface area contributed by atoms with E-state index in [0.29, 0.717) is 11.4 Å². The minimum absolute atomic E-state index is 0.0802. The molecule has 0 unspecified atom stereocenters. The van der Waals surface area contributed by atoms with Gasteiger partial charge in [-0.2, -0.15) is 0 Å². The topological polar surface area (TPSA) is 25.8 Å². The van der Waals surface area contributed by atoms with Gasteiger partial charge in [0.05, 0.1) is 5.56 Å². The van der Waals surface area contributed by atoms with Crippen LogP contribution in [-0.4, -0.2) is 9.97 Å². The SMILES string of the molecule is C/C=C/CCc1cnc(-c2ccc(-c3ccc(-c4cc(F)c(CF)c(F)c4)c(F)c3)c(F)c2)nc1. The van der Waals surface area contributed by atoms with Gasteiger partial charge < -0.3 is 0 Å². The first-order valence-electron chi connectivity index (χ1n) is 11.0. The zero-order valence-electron chi connectivity index (χ0n) is 18.8. The highest BCUT2D eigenvalue weighted by Crippen LogP contribution is 2.32. The smallest absolute Gasteiger partial charge is 0.159 e. The van der Waals surface area contributed by atoms with Crippen LogP contribution in [0.2, 0.25) is 0 Å². The van der Waals surface area contributed by atoms with Crippen LogP contribution in [0.15, 0.2) is 73.1 Å². The van der Waals surface area contributed by atoms with Crippen LogP contribution in [0, 0.1) is 23.3 Å². The van der Waals surface area contributed by atoms with Gasteiger partial charge in [-0.1, -0.05) is 36.4 Å². The molecule has 0 saturated carbocycles. The Labute approximate surface area is 199 Å². The summed E-state index contributed by atoms with van der Waals surface area (Å²) >= 11 is 0. The molecule has 0 saturated heterocycles. The highest BCUT2D eigenvalue weighted by atomic mass is 19.2. The number of allylic oxidation sites excluding steroid dienone is 2. The van der Waals surface area contributed by atoms with Gasteiger partial charge in [-0.3, -0.25) is 0 Å². The van der Waals surface area contributed by atoms with Gasteiger partial charge in [0, 0.05) is 29.1 Å². The maximum Gasteiger partial charge on any atom is 0.159 e. The van der Waals surface area contributed by atoms with Crippen molar-refractivity contribution in [2.75, 3.05) is 0 Å². The number of alkyl halides is 1. The second-order valence-corrected chi connectivity index (χ2v) is 7.96. The number of aromatic nitrogens is 2. The third kappa shape index (κ3) is 5.29. The maximum absolute atomic E-state index is 14.9. The van der Waals surface area contributed by atoms with Gasteiger partial charge in [-0.25, -0.2) is 31.9 Å². The Balaban J connectivity index is 1.59. The van der Waals surface area contributed by atoms with Gasteiger partial charge in [0.25, 0.3) is 0 Å². The van der Waals surface area contributed by atoms with E-state index < -0.39 is 35.5 Å². The van der Waals surface area contributed by atoms with E-state index in [4.69, 9.17) is 0 Å². The van der Waals surface area contributed by atoms with Crippen LogP contribution < -0.4 is 0 Å². The Morgan fingerprint density at radius 3 is 1.83 bits per heavy atom. The molecular formula is C28H21F5N2. The van der Waals surface area contributed by atoms with Gasteiger partial charge in [0.1, 0.15) is 29.9 Å². The minimum Gasteiger partial charge on any atom is -0.246 e. The first-order chi connectivity index (χ1) is 16.9. The molecule has 0 aliphatic rings. The lowest BCUT2D eigenvalue weighted by Crippen LogP contribution is -1.96. The number of hydrogen-bond donors (Lipinski definition) is 0. The fourth-order valence-electron chi connectivity index (χ4n) is 3.74. The van der Waals surface area contributed by atoms with E-state index in [9.17, 15) is 22.0 Å². The van der Waals surface area contributed by atoms with E-state index in [1.807, 2.05) is 13.0 Å². The Morgan fingerprint density at radius 1 is 0.714 bits per heavy atom. The standard InChI is InChI=1S/C28H21F5N2/c1-2-3-4-5-17-15-34-28(35-16-17)19-7-9-21(25(31)11-19)18-6-8-22(24(30)10-18)20-12-26(32)23(14-29)27(33)13-20/h2-3,6-13,15-16H,4-5,14H2,1H3/b3-2+. The van der Waals surface area contributed by atoms with Crippen LogP contribution in [0.4, 0.5) is 22.0 Å². The first-order valence-corrected chi connectivity index (χ1v) is 11.0. The Hall–Kier alpha value is -3.87. The van der Waals surface area contributed by atoms with Gasteiger partial charge in [0.15, 0.2) is 5.82 Å². The molecule has 0 bridgehead atoms. The molecular weight excluding hydrogens is 459 g/mol. The van der Waals surface area contributed by atoms with Crippen molar-refractivity contribution in [1.82, 2.24) is 9.97 Å². The number of rotatable bonds is 7. The average molecular weight is 480 g/mol. The summed E-state index contributed by atoms with van der Waals surface area (Å²) in [5.41, 5.74) is 0.963. The molecule has 178 valence electrons. The predicted molar refractivity (Wildman–Crippen MR) is 126 cm³/mol. The molecule has 0 atom stereocenters. The molecule has 0 aliphatic carbocycles. The highest BCUT2D eigenvalue weighted by Gasteiger charge is 2.16. The summed E-state index contributed by atoms with van der Waals surface area (Å²) in [7, 11) is 0. The van der Waals surface area contributed by atoms with Gasteiger partial charge >= 0.3 is 0 Å². The number of benzene rings is 3. The number of aryl methyl sites for hydroxylation is 1. The second kappa shape index (κ2) is 10.6. The molecule has 4 rings (SSSR count). The van der Waals surface area contributed by atoms with Crippen LogP contribution in [-0.2, 0) is 13.1 Å². The summed E-state index contributed by atoms with van der Waals surface area (Å²) in [6.45, 7) is 0.650. The van der Waals surface area contributed by atoms with Crippen molar-refractivity contribution in [3.05, 3.63) is 107 Å². The summed E-state index contributed by atoms with van der Waals surface area (Å²) in [5.74, 6) is -3.22. The summed E-state index contributed by atoms with van der Waals surface area (Å²) in [6.07, 6.45) is 9.12. The van der Waals surface area contributed by atoms with Gasteiger partial charge in [-0.15, -0.1) is 0 Å². The third-order valence-electron chi connectivity index (χ3n) is 5.63. The molecule has 1 aromatic heterocycles. The Bertz CT molecular complexity index is 1360. The normalized spacial score (nSPS) is 11.4. The van der Waals surface area contributed by atoms with E-state index in [1.165, 1.54) is 24.3 Å². The van der Waals surface area contributed by atoms with Crippen LogP contribution in [0.1, 0.15) is 24.5 Å². The molecule has 35 heavy (non-hydrogen) atoms. The minimum atomic E-state index is -1.31. The van der Waals surface area contributed by atoms with Crippen LogP contribution in [0.25, 0.3) is 33.6 Å². The fraction of sp³-hybridized carbons (Fsp3) is 0.143. The van der Waals surface area contributed by atoms with E-state index >= 15 is 0 Å². The number of nitrogens with zero attached hydrogens (tertiary/aromatic N) is 2. The van der Waals surface area contributed by atoms with E-state index in [2.05, 4.69) is 16.0 Å². The summed E-state index contributed by atoms with van der Waals surface area (Å²) in [6, 6.07) is 9.99. The lowest BCUT2D eigenvalue weighted by Gasteiger charge is -2.10.